The largest absolute Gasteiger partial charge is 0.497 e. The third-order valence-electron chi connectivity index (χ3n) is 7.64. The lowest BCUT2D eigenvalue weighted by molar-refractivity contribution is -0.120. The molecule has 1 saturated heterocycles. The fourth-order valence-electron chi connectivity index (χ4n) is 5.45. The first-order valence-electron chi connectivity index (χ1n) is 13.6. The first-order chi connectivity index (χ1) is 20.4. The number of hydrogen-bond donors (Lipinski definition) is 1. The Hall–Kier alpha value is -5.18. The summed E-state index contributed by atoms with van der Waals surface area (Å²) in [5.41, 5.74) is 3.90. The second-order valence-electron chi connectivity index (χ2n) is 10.2. The number of ether oxygens (including phenoxy) is 2. The van der Waals surface area contributed by atoms with E-state index >= 15 is 0 Å². The summed E-state index contributed by atoms with van der Waals surface area (Å²) >= 11 is 0. The van der Waals surface area contributed by atoms with Crippen LogP contribution in [0.25, 0.3) is 16.6 Å². The zero-order valence-corrected chi connectivity index (χ0v) is 23.1. The Labute approximate surface area is 242 Å². The number of nitrogens with one attached hydrogen (secondary N) is 1. The predicted molar refractivity (Wildman–Crippen MR) is 157 cm³/mol. The van der Waals surface area contributed by atoms with Crippen LogP contribution in [0.15, 0.2) is 103 Å². The Morgan fingerprint density at radius 2 is 1.67 bits per heavy atom. The van der Waals surface area contributed by atoms with Gasteiger partial charge in [0, 0.05) is 11.1 Å². The van der Waals surface area contributed by atoms with Crippen LogP contribution in [0.5, 0.6) is 5.75 Å². The molecule has 3 atom stereocenters. The van der Waals surface area contributed by atoms with Crippen molar-refractivity contribution in [1.29, 1.82) is 0 Å². The van der Waals surface area contributed by atoms with Gasteiger partial charge in [-0.25, -0.2) is 13.9 Å². The monoisotopic (exact) mass is 564 g/mol. The third-order valence-corrected chi connectivity index (χ3v) is 7.64. The van der Waals surface area contributed by atoms with Gasteiger partial charge in [0.05, 0.1) is 42.5 Å². The van der Waals surface area contributed by atoms with Crippen LogP contribution in [0, 0.1) is 11.7 Å². The maximum Gasteiger partial charge on any atom is 0.407 e. The number of amides is 2. The highest BCUT2D eigenvalue weighted by atomic mass is 19.1. The molecule has 6 rings (SSSR count). The number of carbonyl (C=O) groups excluding carboxylic acids is 2. The molecule has 1 N–H and O–H groups in total. The average molecular weight is 565 g/mol. The van der Waals surface area contributed by atoms with E-state index in [9.17, 15) is 14.0 Å². The van der Waals surface area contributed by atoms with E-state index in [4.69, 9.17) is 9.47 Å². The van der Waals surface area contributed by atoms with E-state index < -0.39 is 24.1 Å². The van der Waals surface area contributed by atoms with Gasteiger partial charge in [-0.2, -0.15) is 5.10 Å². The third kappa shape index (κ3) is 5.16. The zero-order valence-electron chi connectivity index (χ0n) is 23.1. The van der Waals surface area contributed by atoms with Gasteiger partial charge >= 0.3 is 6.09 Å². The summed E-state index contributed by atoms with van der Waals surface area (Å²) in [6.07, 6.45) is 1.12. The molecule has 42 heavy (non-hydrogen) atoms. The lowest BCUT2D eigenvalue weighted by Gasteiger charge is -2.29. The fraction of sp³-hybridized carbons (Fsp3) is 0.182. The number of alkyl carbamates (subject to hydrolysis) is 1. The first-order valence-corrected chi connectivity index (χ1v) is 13.6. The number of benzene rings is 4. The van der Waals surface area contributed by atoms with Gasteiger partial charge in [0.2, 0.25) is 5.91 Å². The number of rotatable bonds is 7. The molecule has 9 heteroatoms. The Balaban J connectivity index is 1.33. The molecule has 8 nitrogen and oxygen atoms in total. The lowest BCUT2D eigenvalue weighted by atomic mass is 9.94. The summed E-state index contributed by atoms with van der Waals surface area (Å²) < 4.78 is 26.1. The van der Waals surface area contributed by atoms with Crippen molar-refractivity contribution >= 4 is 28.6 Å². The molecule has 0 saturated carbocycles. The smallest absolute Gasteiger partial charge is 0.407 e. The molecular weight excluding hydrogens is 535 g/mol. The molecular formula is C33H29FN4O4. The van der Waals surface area contributed by atoms with Crippen molar-refractivity contribution in [3.8, 4) is 11.4 Å². The summed E-state index contributed by atoms with van der Waals surface area (Å²) in [6.45, 7) is 1.93. The number of halogens is 1. The highest BCUT2D eigenvalue weighted by molar-refractivity contribution is 6.01. The van der Waals surface area contributed by atoms with Crippen molar-refractivity contribution in [1.82, 2.24) is 15.1 Å². The molecule has 1 fully saturated rings. The van der Waals surface area contributed by atoms with Gasteiger partial charge < -0.3 is 19.7 Å². The van der Waals surface area contributed by atoms with Gasteiger partial charge in [-0.3, -0.25) is 4.79 Å². The summed E-state index contributed by atoms with van der Waals surface area (Å²) in [5, 5.41) is 8.28. The lowest BCUT2D eigenvalue weighted by Crippen LogP contribution is -2.42. The Morgan fingerprint density at radius 3 is 2.38 bits per heavy atom. The van der Waals surface area contributed by atoms with Crippen molar-refractivity contribution in [2.75, 3.05) is 12.0 Å². The van der Waals surface area contributed by atoms with Crippen LogP contribution in [0.3, 0.4) is 0 Å². The molecule has 0 bridgehead atoms. The number of anilines is 1. The Bertz CT molecular complexity index is 1720. The van der Waals surface area contributed by atoms with Crippen molar-refractivity contribution in [3.63, 3.8) is 0 Å². The van der Waals surface area contributed by atoms with Crippen molar-refractivity contribution in [3.05, 3.63) is 120 Å². The van der Waals surface area contributed by atoms with Crippen LogP contribution < -0.4 is 15.0 Å². The number of fused-ring (bicyclic) bond motifs is 1. The maximum atomic E-state index is 13.8. The van der Waals surface area contributed by atoms with Gasteiger partial charge in [-0.1, -0.05) is 49.4 Å². The van der Waals surface area contributed by atoms with Crippen LogP contribution in [-0.2, 0) is 16.1 Å². The number of methoxy groups -OCH3 is 1. The van der Waals surface area contributed by atoms with E-state index in [2.05, 4.69) is 10.4 Å². The summed E-state index contributed by atoms with van der Waals surface area (Å²) in [5.74, 6) is -0.298. The quantitative estimate of drug-likeness (QED) is 0.255. The van der Waals surface area contributed by atoms with E-state index in [1.54, 1.807) is 35.0 Å². The maximum absolute atomic E-state index is 13.8. The second-order valence-corrected chi connectivity index (χ2v) is 10.2. The highest BCUT2D eigenvalue weighted by Crippen LogP contribution is 2.41. The van der Waals surface area contributed by atoms with Gasteiger partial charge in [0.25, 0.3) is 0 Å². The minimum absolute atomic E-state index is 0.118. The zero-order chi connectivity index (χ0) is 29.2. The number of hydrogen-bond acceptors (Lipinski definition) is 5. The van der Waals surface area contributed by atoms with Crippen LogP contribution in [0.2, 0.25) is 0 Å². The predicted octanol–water partition coefficient (Wildman–Crippen LogP) is 6.19. The standard InChI is InChI=1S/C33H29FN4O4/c1-21-30(36-33(40)42-20-22-6-4-3-5-7-22)31(23-8-15-28(41-2)16-9-23)37(32(21)39)27-14-17-29-24(18-27)19-35-38(29)26-12-10-25(34)11-13-26/h3-19,21,30-31H,20H2,1-2H3,(H,36,40). The van der Waals surface area contributed by atoms with Crippen LogP contribution in [0.1, 0.15) is 24.1 Å². The Morgan fingerprint density at radius 1 is 0.952 bits per heavy atom. The topological polar surface area (TPSA) is 85.7 Å². The van der Waals surface area contributed by atoms with Crippen LogP contribution >= 0.6 is 0 Å². The summed E-state index contributed by atoms with van der Waals surface area (Å²) in [4.78, 5) is 28.5. The molecule has 1 aromatic heterocycles. The number of carbonyl (C=O) groups is 2. The second kappa shape index (κ2) is 11.4. The van der Waals surface area contributed by atoms with E-state index in [1.807, 2.05) is 79.7 Å². The van der Waals surface area contributed by atoms with E-state index in [1.165, 1.54) is 12.1 Å². The van der Waals surface area contributed by atoms with Gasteiger partial charge in [-0.05, 0) is 65.7 Å². The molecule has 0 spiro atoms. The van der Waals surface area contributed by atoms with Crippen molar-refractivity contribution in [2.45, 2.75) is 25.6 Å². The molecule has 5 aromatic rings. The minimum atomic E-state index is -0.597. The molecule has 3 unspecified atom stereocenters. The molecule has 1 aliphatic heterocycles. The van der Waals surface area contributed by atoms with E-state index in [-0.39, 0.29) is 18.3 Å². The summed E-state index contributed by atoms with van der Waals surface area (Å²) in [7, 11) is 1.59. The molecule has 2 heterocycles. The summed E-state index contributed by atoms with van der Waals surface area (Å²) in [6, 6.07) is 27.6. The molecule has 4 aromatic carbocycles. The molecule has 212 valence electrons. The number of nitrogens with zero attached hydrogens (tertiary/aromatic N) is 3. The Kier molecular flexibility index (Phi) is 7.31. The van der Waals surface area contributed by atoms with Crippen LogP contribution in [-0.4, -0.2) is 34.9 Å². The van der Waals surface area contributed by atoms with Crippen LogP contribution in [0.4, 0.5) is 14.9 Å². The van der Waals surface area contributed by atoms with E-state index in [0.29, 0.717) is 11.4 Å². The SMILES string of the molecule is COc1ccc(C2C(NC(=O)OCc3ccccc3)C(C)C(=O)N2c2ccc3c(cnn3-c3ccc(F)cc3)c2)cc1. The van der Waals surface area contributed by atoms with Crippen molar-refractivity contribution < 1.29 is 23.5 Å². The molecule has 2 amide bonds. The molecule has 1 aliphatic rings. The van der Waals surface area contributed by atoms with Gasteiger partial charge in [-0.15, -0.1) is 0 Å². The minimum Gasteiger partial charge on any atom is -0.497 e. The van der Waals surface area contributed by atoms with Gasteiger partial charge in [0.15, 0.2) is 0 Å². The number of aromatic nitrogens is 2. The highest BCUT2D eigenvalue weighted by Gasteiger charge is 2.48. The molecule has 0 aliphatic carbocycles. The molecule has 0 radical (unpaired) electrons. The first kappa shape index (κ1) is 27.0. The average Bonchev–Trinajstić information content (AvgIpc) is 3.55. The van der Waals surface area contributed by atoms with E-state index in [0.717, 1.165) is 27.7 Å². The van der Waals surface area contributed by atoms with Crippen molar-refractivity contribution in [2.24, 2.45) is 5.92 Å². The normalized spacial score (nSPS) is 18.3. The van der Waals surface area contributed by atoms with Gasteiger partial charge in [0.1, 0.15) is 18.2 Å². The fourth-order valence-corrected chi connectivity index (χ4v) is 5.45.